The summed E-state index contributed by atoms with van der Waals surface area (Å²) in [4.78, 5) is 24.7. The van der Waals surface area contributed by atoms with E-state index in [0.717, 1.165) is 22.9 Å². The van der Waals surface area contributed by atoms with Gasteiger partial charge in [0, 0.05) is 24.0 Å². The number of carboxylic acid groups (broad SMARTS) is 1. The van der Waals surface area contributed by atoms with E-state index in [4.69, 9.17) is 5.11 Å². The van der Waals surface area contributed by atoms with Crippen molar-refractivity contribution in [2.24, 2.45) is 5.92 Å². The van der Waals surface area contributed by atoms with Gasteiger partial charge in [0.1, 0.15) is 0 Å². The average Bonchev–Trinajstić information content (AvgIpc) is 2.41. The Hall–Kier alpha value is -1.36. The number of carbonyl (C=O) groups excluding carboxylic acids is 1. The second kappa shape index (κ2) is 6.88. The highest BCUT2D eigenvalue weighted by atomic mass is 79.9. The molecule has 1 N–H and O–H groups in total. The zero-order chi connectivity index (χ0) is 14.5. The molecule has 108 valence electrons. The van der Waals surface area contributed by atoms with Gasteiger partial charge in [0.2, 0.25) is 5.91 Å². The van der Waals surface area contributed by atoms with Gasteiger partial charge in [-0.3, -0.25) is 9.59 Å². The van der Waals surface area contributed by atoms with Crippen molar-refractivity contribution < 1.29 is 14.7 Å². The van der Waals surface area contributed by atoms with Crippen LogP contribution in [0.2, 0.25) is 0 Å². The molecule has 1 aliphatic heterocycles. The molecular weight excluding hydrogens is 322 g/mol. The largest absolute Gasteiger partial charge is 0.481 e. The number of nitrogens with zero attached hydrogens (tertiary/aromatic N) is 1. The van der Waals surface area contributed by atoms with Crippen molar-refractivity contribution in [2.75, 3.05) is 13.1 Å². The van der Waals surface area contributed by atoms with Gasteiger partial charge in [-0.15, -0.1) is 0 Å². The summed E-state index contributed by atoms with van der Waals surface area (Å²) < 4.78 is 1.00. The number of carboxylic acids is 1. The van der Waals surface area contributed by atoms with E-state index in [9.17, 15) is 9.59 Å². The van der Waals surface area contributed by atoms with Crippen LogP contribution < -0.4 is 0 Å². The van der Waals surface area contributed by atoms with Crippen LogP contribution in [0.15, 0.2) is 28.7 Å². The minimum Gasteiger partial charge on any atom is -0.481 e. The zero-order valence-corrected chi connectivity index (χ0v) is 12.8. The molecule has 0 aliphatic carbocycles. The van der Waals surface area contributed by atoms with Gasteiger partial charge in [0.05, 0.1) is 6.42 Å². The van der Waals surface area contributed by atoms with Crippen molar-refractivity contribution in [1.82, 2.24) is 4.90 Å². The lowest BCUT2D eigenvalue weighted by atomic mass is 9.93. The van der Waals surface area contributed by atoms with Crippen molar-refractivity contribution >= 4 is 27.8 Å². The first-order valence-electron chi connectivity index (χ1n) is 6.78. The molecule has 0 unspecified atom stereocenters. The smallest absolute Gasteiger partial charge is 0.303 e. The number of aliphatic carboxylic acids is 1. The van der Waals surface area contributed by atoms with Crippen LogP contribution >= 0.6 is 15.9 Å². The van der Waals surface area contributed by atoms with Gasteiger partial charge in [-0.2, -0.15) is 0 Å². The van der Waals surface area contributed by atoms with E-state index in [2.05, 4.69) is 15.9 Å². The molecule has 0 saturated carbocycles. The summed E-state index contributed by atoms with van der Waals surface area (Å²) >= 11 is 3.37. The van der Waals surface area contributed by atoms with E-state index in [1.807, 2.05) is 29.2 Å². The first kappa shape index (κ1) is 15.0. The van der Waals surface area contributed by atoms with Crippen LogP contribution in [0.25, 0.3) is 0 Å². The van der Waals surface area contributed by atoms with Gasteiger partial charge in [-0.1, -0.05) is 28.1 Å². The number of amides is 1. The molecule has 1 heterocycles. The topological polar surface area (TPSA) is 57.6 Å². The lowest BCUT2D eigenvalue weighted by Crippen LogP contribution is -2.39. The summed E-state index contributed by atoms with van der Waals surface area (Å²) in [6, 6.07) is 7.75. The van der Waals surface area contributed by atoms with Crippen LogP contribution in [0.3, 0.4) is 0 Å². The Morgan fingerprint density at radius 3 is 2.35 bits per heavy atom. The Kier molecular flexibility index (Phi) is 5.17. The van der Waals surface area contributed by atoms with Crippen LogP contribution in [0.1, 0.15) is 24.8 Å². The fourth-order valence-electron chi connectivity index (χ4n) is 2.52. The summed E-state index contributed by atoms with van der Waals surface area (Å²) in [7, 11) is 0. The second-order valence-electron chi connectivity index (χ2n) is 5.23. The second-order valence-corrected chi connectivity index (χ2v) is 6.14. The van der Waals surface area contributed by atoms with E-state index in [-0.39, 0.29) is 18.2 Å². The van der Waals surface area contributed by atoms with Crippen molar-refractivity contribution in [3.8, 4) is 0 Å². The number of halogens is 1. The van der Waals surface area contributed by atoms with Gasteiger partial charge >= 0.3 is 5.97 Å². The monoisotopic (exact) mass is 339 g/mol. The third kappa shape index (κ3) is 4.34. The molecule has 0 aromatic heterocycles. The van der Waals surface area contributed by atoms with E-state index in [1.54, 1.807) is 0 Å². The normalized spacial score (nSPS) is 16.1. The van der Waals surface area contributed by atoms with Crippen LogP contribution in [-0.2, 0) is 16.0 Å². The van der Waals surface area contributed by atoms with Crippen LogP contribution in [0, 0.1) is 5.92 Å². The predicted molar refractivity (Wildman–Crippen MR) is 79.4 cm³/mol. The van der Waals surface area contributed by atoms with Gasteiger partial charge in [0.25, 0.3) is 0 Å². The molecule has 20 heavy (non-hydrogen) atoms. The van der Waals surface area contributed by atoms with Gasteiger partial charge in [-0.05, 0) is 36.5 Å². The van der Waals surface area contributed by atoms with E-state index >= 15 is 0 Å². The van der Waals surface area contributed by atoms with E-state index in [0.29, 0.717) is 19.5 Å². The molecule has 2 rings (SSSR count). The lowest BCUT2D eigenvalue weighted by molar-refractivity contribution is -0.138. The fourth-order valence-corrected chi connectivity index (χ4v) is 2.79. The number of hydrogen-bond donors (Lipinski definition) is 1. The first-order chi connectivity index (χ1) is 9.54. The molecule has 0 spiro atoms. The molecule has 0 radical (unpaired) electrons. The van der Waals surface area contributed by atoms with Crippen LogP contribution in [0.5, 0.6) is 0 Å². The quantitative estimate of drug-likeness (QED) is 0.917. The van der Waals surface area contributed by atoms with Crippen LogP contribution in [-0.4, -0.2) is 35.0 Å². The van der Waals surface area contributed by atoms with Crippen molar-refractivity contribution in [3.05, 3.63) is 34.3 Å². The third-order valence-electron chi connectivity index (χ3n) is 3.70. The Balaban J connectivity index is 1.82. The molecule has 0 bridgehead atoms. The zero-order valence-electron chi connectivity index (χ0n) is 11.2. The van der Waals surface area contributed by atoms with Crippen LogP contribution in [0.4, 0.5) is 0 Å². The van der Waals surface area contributed by atoms with Crippen molar-refractivity contribution in [1.29, 1.82) is 0 Å². The minimum absolute atomic E-state index is 0.126. The number of benzene rings is 1. The summed E-state index contributed by atoms with van der Waals surface area (Å²) in [6.07, 6.45) is 2.21. The summed E-state index contributed by atoms with van der Waals surface area (Å²) in [5, 5.41) is 8.77. The highest BCUT2D eigenvalue weighted by Crippen LogP contribution is 2.21. The van der Waals surface area contributed by atoms with E-state index < -0.39 is 5.97 Å². The predicted octanol–water partition coefficient (Wildman–Crippen LogP) is 2.70. The highest BCUT2D eigenvalue weighted by Gasteiger charge is 2.24. The molecule has 0 atom stereocenters. The number of likely N-dealkylation sites (tertiary alicyclic amines) is 1. The Morgan fingerprint density at radius 2 is 1.80 bits per heavy atom. The molecule has 1 aromatic carbocycles. The minimum atomic E-state index is -0.746. The molecular formula is C15H18BrNO3. The number of carbonyl (C=O) groups is 2. The average molecular weight is 340 g/mol. The fraction of sp³-hybridized carbons (Fsp3) is 0.467. The molecule has 1 saturated heterocycles. The Morgan fingerprint density at radius 1 is 1.20 bits per heavy atom. The molecule has 1 aromatic rings. The standard InChI is InChI=1S/C15H18BrNO3/c16-13-3-1-11(2-4-13)9-14(18)17-7-5-12(6-8-17)10-15(19)20/h1-4,12H,5-10H2,(H,19,20). The number of piperidine rings is 1. The summed E-state index contributed by atoms with van der Waals surface area (Å²) in [6.45, 7) is 1.35. The molecule has 5 heteroatoms. The Labute approximate surface area is 126 Å². The number of rotatable bonds is 4. The van der Waals surface area contributed by atoms with Gasteiger partial charge < -0.3 is 10.0 Å². The van der Waals surface area contributed by atoms with Crippen molar-refractivity contribution in [3.63, 3.8) is 0 Å². The van der Waals surface area contributed by atoms with Gasteiger partial charge in [0.15, 0.2) is 0 Å². The summed E-state index contributed by atoms with van der Waals surface area (Å²) in [5.74, 6) is -0.407. The summed E-state index contributed by atoms with van der Waals surface area (Å²) in [5.41, 5.74) is 1.01. The third-order valence-corrected chi connectivity index (χ3v) is 4.23. The molecule has 1 fully saturated rings. The maximum absolute atomic E-state index is 12.2. The molecule has 1 amide bonds. The first-order valence-corrected chi connectivity index (χ1v) is 7.58. The SMILES string of the molecule is O=C(O)CC1CCN(C(=O)Cc2ccc(Br)cc2)CC1. The lowest BCUT2D eigenvalue weighted by Gasteiger charge is -2.31. The van der Waals surface area contributed by atoms with E-state index in [1.165, 1.54) is 0 Å². The van der Waals surface area contributed by atoms with Crippen molar-refractivity contribution in [2.45, 2.75) is 25.7 Å². The maximum Gasteiger partial charge on any atom is 0.303 e. The molecule has 1 aliphatic rings. The molecule has 4 nitrogen and oxygen atoms in total. The Bertz CT molecular complexity index is 478. The van der Waals surface area contributed by atoms with Gasteiger partial charge in [-0.25, -0.2) is 0 Å². The maximum atomic E-state index is 12.2. The highest BCUT2D eigenvalue weighted by molar-refractivity contribution is 9.10. The number of hydrogen-bond acceptors (Lipinski definition) is 2.